The van der Waals surface area contributed by atoms with Gasteiger partial charge in [0.25, 0.3) is 0 Å². The predicted molar refractivity (Wildman–Crippen MR) is 50.3 cm³/mol. The number of benzene rings is 1. The maximum Gasteiger partial charge on any atom is 0.337 e. The SMILES string of the molecule is COC(=O)c1ccc(F)c(NS(=O)[O-])c1. The van der Waals surface area contributed by atoms with Gasteiger partial charge in [0, 0.05) is 11.3 Å². The number of halogens is 1. The van der Waals surface area contributed by atoms with Crippen molar-refractivity contribution in [3.05, 3.63) is 29.6 Å². The van der Waals surface area contributed by atoms with Crippen LogP contribution in [0.25, 0.3) is 0 Å². The topological polar surface area (TPSA) is 78.5 Å². The zero-order valence-corrected chi connectivity index (χ0v) is 8.47. The third-order valence-corrected chi connectivity index (χ3v) is 1.97. The van der Waals surface area contributed by atoms with Crippen LogP contribution in [-0.2, 0) is 16.0 Å². The normalized spacial score (nSPS) is 11.9. The molecular weight excluding hydrogens is 225 g/mol. The molecule has 82 valence electrons. The molecule has 0 aliphatic rings. The average molecular weight is 232 g/mol. The van der Waals surface area contributed by atoms with Gasteiger partial charge in [-0.2, -0.15) is 0 Å². The summed E-state index contributed by atoms with van der Waals surface area (Å²) in [6.07, 6.45) is 0. The van der Waals surface area contributed by atoms with Crippen molar-refractivity contribution in [3.8, 4) is 0 Å². The van der Waals surface area contributed by atoms with Crippen molar-refractivity contribution >= 4 is 22.9 Å². The van der Waals surface area contributed by atoms with Gasteiger partial charge in [-0.05, 0) is 18.2 Å². The molecule has 0 saturated heterocycles. The van der Waals surface area contributed by atoms with E-state index >= 15 is 0 Å². The standard InChI is InChI=1S/C8H8FNO4S/c1-14-8(11)5-2-3-6(9)7(4-5)10-15(12)13/h2-4,10H,1H3,(H,12,13)/p-1. The molecular formula is C8H7FNO4S-. The molecule has 0 fully saturated rings. The van der Waals surface area contributed by atoms with E-state index < -0.39 is 23.1 Å². The second-order valence-electron chi connectivity index (χ2n) is 2.52. The molecule has 0 amide bonds. The molecule has 7 heteroatoms. The molecule has 0 aliphatic heterocycles. The fourth-order valence-corrected chi connectivity index (χ4v) is 1.27. The Labute approximate surface area is 87.7 Å². The van der Waals surface area contributed by atoms with Gasteiger partial charge in [-0.25, -0.2) is 9.18 Å². The molecule has 0 spiro atoms. The van der Waals surface area contributed by atoms with E-state index in [-0.39, 0.29) is 11.3 Å². The maximum atomic E-state index is 13.0. The first kappa shape index (κ1) is 11.6. The summed E-state index contributed by atoms with van der Waals surface area (Å²) < 4.78 is 39.8. The van der Waals surface area contributed by atoms with Gasteiger partial charge in [-0.3, -0.25) is 4.21 Å². The first-order valence-corrected chi connectivity index (χ1v) is 4.86. The van der Waals surface area contributed by atoms with E-state index in [1.54, 1.807) is 0 Å². The Hall–Kier alpha value is -1.47. The van der Waals surface area contributed by atoms with Gasteiger partial charge in [0.15, 0.2) is 0 Å². The minimum atomic E-state index is -2.64. The summed E-state index contributed by atoms with van der Waals surface area (Å²) in [6, 6.07) is 3.22. The Morgan fingerprint density at radius 3 is 2.80 bits per heavy atom. The van der Waals surface area contributed by atoms with Gasteiger partial charge in [0.05, 0.1) is 18.4 Å². The van der Waals surface area contributed by atoms with Crippen molar-refractivity contribution in [1.82, 2.24) is 0 Å². The molecule has 1 aromatic carbocycles. The summed E-state index contributed by atoms with van der Waals surface area (Å²) in [5.74, 6) is -1.44. The molecule has 15 heavy (non-hydrogen) atoms. The number of anilines is 1. The van der Waals surface area contributed by atoms with Gasteiger partial charge in [0.1, 0.15) is 5.82 Å². The highest BCUT2D eigenvalue weighted by molar-refractivity contribution is 7.80. The Morgan fingerprint density at radius 1 is 1.60 bits per heavy atom. The largest absolute Gasteiger partial charge is 0.755 e. The molecule has 5 nitrogen and oxygen atoms in total. The highest BCUT2D eigenvalue weighted by Gasteiger charge is 2.09. The third-order valence-electron chi connectivity index (χ3n) is 1.58. The van der Waals surface area contributed by atoms with Crippen LogP contribution in [-0.4, -0.2) is 21.8 Å². The Bertz CT molecular complexity index is 410. The van der Waals surface area contributed by atoms with Crippen LogP contribution in [0, 0.1) is 5.82 Å². The molecule has 0 heterocycles. The zero-order chi connectivity index (χ0) is 11.4. The summed E-state index contributed by atoms with van der Waals surface area (Å²) in [5.41, 5.74) is -0.238. The summed E-state index contributed by atoms with van der Waals surface area (Å²) in [4.78, 5) is 11.0. The number of hydrogen-bond acceptors (Lipinski definition) is 4. The number of methoxy groups -OCH3 is 1. The lowest BCUT2D eigenvalue weighted by atomic mass is 10.2. The first-order valence-electron chi connectivity index (χ1n) is 3.78. The van der Waals surface area contributed by atoms with Crippen molar-refractivity contribution in [2.75, 3.05) is 11.8 Å². The molecule has 0 aliphatic carbocycles. The Kier molecular flexibility index (Phi) is 3.75. The number of ether oxygens (including phenoxy) is 1. The molecule has 0 radical (unpaired) electrons. The van der Waals surface area contributed by atoms with Crippen molar-refractivity contribution in [2.24, 2.45) is 0 Å². The predicted octanol–water partition coefficient (Wildman–Crippen LogP) is 0.818. The van der Waals surface area contributed by atoms with E-state index in [1.807, 2.05) is 4.72 Å². The molecule has 0 aromatic heterocycles. The first-order chi connectivity index (χ1) is 7.04. The molecule has 1 aromatic rings. The van der Waals surface area contributed by atoms with E-state index in [0.717, 1.165) is 12.1 Å². The number of rotatable bonds is 3. The van der Waals surface area contributed by atoms with Crippen LogP contribution in [0.3, 0.4) is 0 Å². The highest BCUT2D eigenvalue weighted by atomic mass is 32.2. The highest BCUT2D eigenvalue weighted by Crippen LogP contribution is 2.16. The lowest BCUT2D eigenvalue weighted by Gasteiger charge is -2.10. The van der Waals surface area contributed by atoms with Gasteiger partial charge < -0.3 is 14.0 Å². The number of carbonyl (C=O) groups excluding carboxylic acids is 1. The summed E-state index contributed by atoms with van der Waals surface area (Å²) in [6.45, 7) is 0. The van der Waals surface area contributed by atoms with Crippen molar-refractivity contribution in [1.29, 1.82) is 0 Å². The van der Waals surface area contributed by atoms with Crippen molar-refractivity contribution in [3.63, 3.8) is 0 Å². The van der Waals surface area contributed by atoms with E-state index in [4.69, 9.17) is 0 Å². The second-order valence-corrected chi connectivity index (χ2v) is 3.20. The monoisotopic (exact) mass is 232 g/mol. The van der Waals surface area contributed by atoms with Crippen LogP contribution >= 0.6 is 0 Å². The van der Waals surface area contributed by atoms with Gasteiger partial charge >= 0.3 is 5.97 Å². The average Bonchev–Trinajstić information content (AvgIpc) is 2.19. The van der Waals surface area contributed by atoms with Gasteiger partial charge in [-0.1, -0.05) is 0 Å². The van der Waals surface area contributed by atoms with Crippen LogP contribution in [0.1, 0.15) is 10.4 Å². The number of nitrogens with one attached hydrogen (secondary N) is 1. The minimum absolute atomic E-state index is 0.0619. The van der Waals surface area contributed by atoms with E-state index in [1.165, 1.54) is 13.2 Å². The quantitative estimate of drug-likeness (QED) is 0.618. The molecule has 1 rings (SSSR count). The second kappa shape index (κ2) is 4.85. The van der Waals surface area contributed by atoms with Crippen LogP contribution in [0.4, 0.5) is 10.1 Å². The van der Waals surface area contributed by atoms with E-state index in [2.05, 4.69) is 4.74 Å². The summed E-state index contributed by atoms with van der Waals surface area (Å²) >= 11 is -2.64. The number of esters is 1. The molecule has 1 unspecified atom stereocenters. The molecule has 0 bridgehead atoms. The number of carbonyl (C=O) groups is 1. The molecule has 1 N–H and O–H groups in total. The van der Waals surface area contributed by atoms with Crippen LogP contribution in [0.15, 0.2) is 18.2 Å². The van der Waals surface area contributed by atoms with Gasteiger partial charge in [-0.15, -0.1) is 0 Å². The lowest BCUT2D eigenvalue weighted by molar-refractivity contribution is 0.0600. The zero-order valence-electron chi connectivity index (χ0n) is 7.65. The van der Waals surface area contributed by atoms with Crippen LogP contribution < -0.4 is 4.72 Å². The summed E-state index contributed by atoms with van der Waals surface area (Å²) in [7, 11) is 1.17. The third kappa shape index (κ3) is 3.00. The fourth-order valence-electron chi connectivity index (χ4n) is 0.938. The van der Waals surface area contributed by atoms with Crippen molar-refractivity contribution in [2.45, 2.75) is 0 Å². The number of hydrogen-bond donors (Lipinski definition) is 1. The Morgan fingerprint density at radius 2 is 2.27 bits per heavy atom. The van der Waals surface area contributed by atoms with Gasteiger partial charge in [0.2, 0.25) is 0 Å². The maximum absolute atomic E-state index is 13.0. The minimum Gasteiger partial charge on any atom is -0.755 e. The smallest absolute Gasteiger partial charge is 0.337 e. The van der Waals surface area contributed by atoms with Crippen LogP contribution in [0.2, 0.25) is 0 Å². The molecule has 1 atom stereocenters. The Balaban J connectivity index is 3.05. The lowest BCUT2D eigenvalue weighted by Crippen LogP contribution is -2.07. The van der Waals surface area contributed by atoms with Crippen molar-refractivity contribution < 1.29 is 22.7 Å². The van der Waals surface area contributed by atoms with Crippen LogP contribution in [0.5, 0.6) is 0 Å². The van der Waals surface area contributed by atoms with E-state index in [0.29, 0.717) is 0 Å². The van der Waals surface area contributed by atoms with E-state index in [9.17, 15) is 17.9 Å². The summed E-state index contributed by atoms with van der Waals surface area (Å²) in [5, 5.41) is 0. The fraction of sp³-hybridized carbons (Fsp3) is 0.125. The molecule has 0 saturated carbocycles.